The van der Waals surface area contributed by atoms with E-state index in [-0.39, 0.29) is 11.8 Å². The van der Waals surface area contributed by atoms with E-state index in [2.05, 4.69) is 23.7 Å². The van der Waals surface area contributed by atoms with Gasteiger partial charge in [0.05, 0.1) is 17.5 Å². The van der Waals surface area contributed by atoms with Crippen molar-refractivity contribution in [2.45, 2.75) is 13.8 Å². The number of hydrogen-bond donors (Lipinski definition) is 1. The van der Waals surface area contributed by atoms with E-state index in [0.717, 1.165) is 19.6 Å². The Morgan fingerprint density at radius 2 is 2.00 bits per heavy atom. The van der Waals surface area contributed by atoms with E-state index in [4.69, 9.17) is 17.0 Å². The van der Waals surface area contributed by atoms with Crippen molar-refractivity contribution in [3.8, 4) is 5.88 Å². The third kappa shape index (κ3) is 5.23. The monoisotopic (exact) mass is 393 g/mol. The van der Waals surface area contributed by atoms with Gasteiger partial charge >= 0.3 is 5.97 Å². The zero-order valence-corrected chi connectivity index (χ0v) is 16.8. The molecule has 0 spiro atoms. The third-order valence-electron chi connectivity index (χ3n) is 3.98. The highest BCUT2D eigenvalue weighted by molar-refractivity contribution is 7.73. The summed E-state index contributed by atoms with van der Waals surface area (Å²) in [6.45, 7) is 7.13. The van der Waals surface area contributed by atoms with E-state index < -0.39 is 0 Å². The summed E-state index contributed by atoms with van der Waals surface area (Å²) >= 11 is 6.39. The van der Waals surface area contributed by atoms with Gasteiger partial charge < -0.3 is 14.7 Å². The average Bonchev–Trinajstić information content (AvgIpc) is 2.90. The van der Waals surface area contributed by atoms with Gasteiger partial charge in [0.2, 0.25) is 5.88 Å². The Hall–Kier alpha value is -2.03. The number of carbonyl (C=O) groups excluding carboxylic acids is 1. The van der Waals surface area contributed by atoms with Crippen molar-refractivity contribution in [1.29, 1.82) is 0 Å². The summed E-state index contributed by atoms with van der Waals surface area (Å²) in [6.07, 6.45) is 1.56. The summed E-state index contributed by atoms with van der Waals surface area (Å²) in [4.78, 5) is 19.1. The van der Waals surface area contributed by atoms with Crippen LogP contribution < -0.4 is 0 Å². The van der Waals surface area contributed by atoms with E-state index >= 15 is 0 Å². The Balaban J connectivity index is 1.95. The lowest BCUT2D eigenvalue weighted by molar-refractivity contribution is 0.0466. The number of aromatic nitrogens is 1. The van der Waals surface area contributed by atoms with E-state index in [0.29, 0.717) is 26.7 Å². The molecule has 140 valence electrons. The van der Waals surface area contributed by atoms with Gasteiger partial charge in [0.15, 0.2) is 3.95 Å². The number of hydrogen-bond acceptors (Lipinski definition) is 7. The summed E-state index contributed by atoms with van der Waals surface area (Å²) < 4.78 is 7.40. The standard InChI is InChI=1S/C18H23N3O3S2/c1-4-21(5-2)10-11-24-17(23)13-6-8-14(9-7-13)19-12-15-16(22)20(3)18(25)26-15/h6-9,12,22H,4-5,10-11H2,1-3H3. The van der Waals surface area contributed by atoms with Crippen LogP contribution in [0, 0.1) is 3.95 Å². The second kappa shape index (κ2) is 9.61. The molecule has 0 aliphatic rings. The number of aliphatic imine (C=N–C) groups is 1. The van der Waals surface area contributed by atoms with E-state index in [1.54, 1.807) is 37.5 Å². The molecule has 0 aliphatic carbocycles. The predicted molar refractivity (Wildman–Crippen MR) is 108 cm³/mol. The lowest BCUT2D eigenvalue weighted by Crippen LogP contribution is -2.27. The van der Waals surface area contributed by atoms with Gasteiger partial charge in [-0.1, -0.05) is 25.2 Å². The molecule has 1 aromatic carbocycles. The summed E-state index contributed by atoms with van der Waals surface area (Å²) in [5.74, 6) is -0.247. The lowest BCUT2D eigenvalue weighted by atomic mass is 10.2. The van der Waals surface area contributed by atoms with Crippen LogP contribution in [0.3, 0.4) is 0 Å². The second-order valence-corrected chi connectivity index (χ2v) is 7.26. The number of ether oxygens (including phenoxy) is 1. The first kappa shape index (κ1) is 20.3. The molecule has 2 aromatic rings. The highest BCUT2D eigenvalue weighted by Gasteiger charge is 2.09. The molecule has 6 nitrogen and oxygen atoms in total. The molecule has 0 saturated heterocycles. The number of benzene rings is 1. The Morgan fingerprint density at radius 3 is 2.54 bits per heavy atom. The quantitative estimate of drug-likeness (QED) is 0.420. The molecule has 1 heterocycles. The minimum absolute atomic E-state index is 0.0946. The second-order valence-electron chi connectivity index (χ2n) is 5.58. The Kier molecular flexibility index (Phi) is 7.50. The first-order valence-corrected chi connectivity index (χ1v) is 9.61. The van der Waals surface area contributed by atoms with Crippen LogP contribution in [0.4, 0.5) is 5.69 Å². The lowest BCUT2D eigenvalue weighted by Gasteiger charge is -2.17. The number of nitrogens with zero attached hydrogens (tertiary/aromatic N) is 3. The van der Waals surface area contributed by atoms with E-state index in [1.165, 1.54) is 15.9 Å². The molecule has 0 aliphatic heterocycles. The number of esters is 1. The normalized spacial score (nSPS) is 11.4. The number of aromatic hydroxyl groups is 1. The number of rotatable bonds is 8. The summed E-state index contributed by atoms with van der Waals surface area (Å²) in [7, 11) is 1.70. The van der Waals surface area contributed by atoms with E-state index in [1.807, 2.05) is 0 Å². The maximum absolute atomic E-state index is 12.1. The number of thiazole rings is 1. The molecule has 26 heavy (non-hydrogen) atoms. The van der Waals surface area contributed by atoms with Gasteiger partial charge in [0.25, 0.3) is 0 Å². The molecular weight excluding hydrogens is 370 g/mol. The van der Waals surface area contributed by atoms with Crippen LogP contribution in [0.2, 0.25) is 0 Å². The molecular formula is C18H23N3O3S2. The fourth-order valence-corrected chi connectivity index (χ4v) is 3.35. The molecule has 0 unspecified atom stereocenters. The fourth-order valence-electron chi connectivity index (χ4n) is 2.25. The van der Waals surface area contributed by atoms with Crippen LogP contribution in [0.25, 0.3) is 0 Å². The van der Waals surface area contributed by atoms with E-state index in [9.17, 15) is 9.90 Å². The van der Waals surface area contributed by atoms with Crippen molar-refractivity contribution in [1.82, 2.24) is 9.47 Å². The highest BCUT2D eigenvalue weighted by Crippen LogP contribution is 2.23. The maximum Gasteiger partial charge on any atom is 0.338 e. The summed E-state index contributed by atoms with van der Waals surface area (Å²) in [6, 6.07) is 6.83. The smallest absolute Gasteiger partial charge is 0.338 e. The minimum atomic E-state index is -0.341. The van der Waals surface area contributed by atoms with Gasteiger partial charge in [-0.3, -0.25) is 9.56 Å². The van der Waals surface area contributed by atoms with Crippen molar-refractivity contribution in [2.75, 3.05) is 26.2 Å². The number of carbonyl (C=O) groups is 1. The summed E-state index contributed by atoms with van der Waals surface area (Å²) in [5.41, 5.74) is 1.16. The fraction of sp³-hybridized carbons (Fsp3) is 0.389. The van der Waals surface area contributed by atoms with Gasteiger partial charge in [0, 0.05) is 13.6 Å². The largest absolute Gasteiger partial charge is 0.493 e. The molecule has 0 amide bonds. The van der Waals surface area contributed by atoms with Crippen LogP contribution in [0.5, 0.6) is 5.88 Å². The van der Waals surface area contributed by atoms with Gasteiger partial charge in [-0.25, -0.2) is 4.79 Å². The SMILES string of the molecule is CCN(CC)CCOC(=O)c1ccc(N=Cc2sc(=S)n(C)c2O)cc1. The van der Waals surface area contributed by atoms with Gasteiger partial charge in [-0.05, 0) is 49.6 Å². The molecule has 0 fully saturated rings. The van der Waals surface area contributed by atoms with Crippen molar-refractivity contribution in [2.24, 2.45) is 12.0 Å². The van der Waals surface area contributed by atoms with Gasteiger partial charge in [0.1, 0.15) is 11.5 Å². The van der Waals surface area contributed by atoms with Gasteiger partial charge in [-0.2, -0.15) is 0 Å². The van der Waals surface area contributed by atoms with Gasteiger partial charge in [-0.15, -0.1) is 0 Å². The molecule has 0 atom stereocenters. The Morgan fingerprint density at radius 1 is 1.35 bits per heavy atom. The van der Waals surface area contributed by atoms with Crippen molar-refractivity contribution in [3.63, 3.8) is 0 Å². The molecule has 0 bridgehead atoms. The van der Waals surface area contributed by atoms with Crippen molar-refractivity contribution in [3.05, 3.63) is 38.7 Å². The van der Waals surface area contributed by atoms with Crippen LogP contribution in [-0.2, 0) is 11.8 Å². The van der Waals surface area contributed by atoms with Crippen LogP contribution in [0.15, 0.2) is 29.3 Å². The zero-order chi connectivity index (χ0) is 19.1. The zero-order valence-electron chi connectivity index (χ0n) is 15.1. The number of likely N-dealkylation sites (N-methyl/N-ethyl adjacent to an activating group) is 1. The van der Waals surface area contributed by atoms with Crippen molar-refractivity contribution < 1.29 is 14.6 Å². The van der Waals surface area contributed by atoms with Crippen molar-refractivity contribution >= 4 is 41.4 Å². The first-order chi connectivity index (χ1) is 12.5. The molecule has 0 radical (unpaired) electrons. The Bertz CT molecular complexity index is 821. The maximum atomic E-state index is 12.1. The molecule has 2 rings (SSSR count). The molecule has 8 heteroatoms. The van der Waals surface area contributed by atoms with Crippen LogP contribution in [-0.4, -0.2) is 53.0 Å². The van der Waals surface area contributed by atoms with Crippen LogP contribution in [0.1, 0.15) is 29.1 Å². The molecule has 0 saturated carbocycles. The highest BCUT2D eigenvalue weighted by atomic mass is 32.1. The third-order valence-corrected chi connectivity index (χ3v) is 5.46. The first-order valence-electron chi connectivity index (χ1n) is 8.38. The van der Waals surface area contributed by atoms with Crippen LogP contribution >= 0.6 is 23.6 Å². The topological polar surface area (TPSA) is 67.1 Å². The summed E-state index contributed by atoms with van der Waals surface area (Å²) in [5, 5.41) is 9.92. The predicted octanol–water partition coefficient (Wildman–Crippen LogP) is 3.77. The molecule has 1 aromatic heterocycles. The Labute approximate surface area is 162 Å². The minimum Gasteiger partial charge on any atom is -0.493 e. The molecule has 1 N–H and O–H groups in total. The average molecular weight is 394 g/mol.